The zero-order valence-corrected chi connectivity index (χ0v) is 17.0. The summed E-state index contributed by atoms with van der Waals surface area (Å²) in [6.45, 7) is 3.01. The Hall–Kier alpha value is -2.67. The van der Waals surface area contributed by atoms with Gasteiger partial charge in [0.05, 0.1) is 29.5 Å². The summed E-state index contributed by atoms with van der Waals surface area (Å²) >= 11 is 12.0. The monoisotopic (exact) mass is 428 g/mol. The summed E-state index contributed by atoms with van der Waals surface area (Å²) in [5.74, 6) is 0.524. The SMILES string of the molecule is O=C(Nc1cccc(-c2ccc(N3CCOCC3)nn2)c1)c1ccc(Cl)cc1Cl. The van der Waals surface area contributed by atoms with Crippen molar-refractivity contribution in [3.05, 3.63) is 70.2 Å². The van der Waals surface area contributed by atoms with E-state index in [9.17, 15) is 4.79 Å². The lowest BCUT2D eigenvalue weighted by Gasteiger charge is -2.27. The van der Waals surface area contributed by atoms with Gasteiger partial charge in [-0.2, -0.15) is 0 Å². The third-order valence-corrected chi connectivity index (χ3v) is 5.13. The first-order chi connectivity index (χ1) is 14.1. The lowest BCUT2D eigenvalue weighted by atomic mass is 10.1. The maximum absolute atomic E-state index is 12.5. The van der Waals surface area contributed by atoms with Crippen molar-refractivity contribution >= 4 is 40.6 Å². The molecule has 8 heteroatoms. The van der Waals surface area contributed by atoms with Crippen LogP contribution in [0.5, 0.6) is 0 Å². The fourth-order valence-corrected chi connectivity index (χ4v) is 3.56. The zero-order chi connectivity index (χ0) is 20.2. The van der Waals surface area contributed by atoms with Gasteiger partial charge in [-0.3, -0.25) is 4.79 Å². The summed E-state index contributed by atoms with van der Waals surface area (Å²) < 4.78 is 5.37. The number of aromatic nitrogens is 2. The predicted molar refractivity (Wildman–Crippen MR) is 115 cm³/mol. The van der Waals surface area contributed by atoms with Gasteiger partial charge in [0, 0.05) is 29.4 Å². The molecule has 0 spiro atoms. The summed E-state index contributed by atoms with van der Waals surface area (Å²) in [4.78, 5) is 14.7. The third-order valence-electron chi connectivity index (χ3n) is 4.58. The average Bonchev–Trinajstić information content (AvgIpc) is 2.74. The summed E-state index contributed by atoms with van der Waals surface area (Å²) in [5.41, 5.74) is 2.57. The maximum atomic E-state index is 12.5. The number of hydrogen-bond donors (Lipinski definition) is 1. The van der Waals surface area contributed by atoms with Crippen LogP contribution in [0, 0.1) is 0 Å². The standard InChI is InChI=1S/C21H18Cl2N4O2/c22-15-4-5-17(18(23)13-15)21(28)24-16-3-1-2-14(12-16)19-6-7-20(26-25-19)27-8-10-29-11-9-27/h1-7,12-13H,8-11H2,(H,24,28). The molecule has 1 fully saturated rings. The Morgan fingerprint density at radius 2 is 1.83 bits per heavy atom. The van der Waals surface area contributed by atoms with Crippen LogP contribution in [-0.4, -0.2) is 42.4 Å². The molecular weight excluding hydrogens is 411 g/mol. The normalized spacial score (nSPS) is 13.9. The molecular formula is C21H18Cl2N4O2. The molecule has 6 nitrogen and oxygen atoms in total. The lowest BCUT2D eigenvalue weighted by Crippen LogP contribution is -2.36. The second-order valence-corrected chi connectivity index (χ2v) is 7.38. The second kappa shape index (κ2) is 8.78. The minimum absolute atomic E-state index is 0.302. The summed E-state index contributed by atoms with van der Waals surface area (Å²) in [5, 5.41) is 12.3. The highest BCUT2D eigenvalue weighted by Gasteiger charge is 2.14. The van der Waals surface area contributed by atoms with Gasteiger partial charge in [-0.15, -0.1) is 10.2 Å². The molecule has 1 aromatic heterocycles. The molecule has 0 bridgehead atoms. The van der Waals surface area contributed by atoms with Gasteiger partial charge >= 0.3 is 0 Å². The molecule has 1 aliphatic heterocycles. The molecule has 29 heavy (non-hydrogen) atoms. The Bertz CT molecular complexity index is 1020. The first-order valence-electron chi connectivity index (χ1n) is 9.13. The van der Waals surface area contributed by atoms with Gasteiger partial charge in [-0.1, -0.05) is 35.3 Å². The molecule has 1 amide bonds. The number of nitrogens with one attached hydrogen (secondary N) is 1. The highest BCUT2D eigenvalue weighted by Crippen LogP contribution is 2.25. The van der Waals surface area contributed by atoms with E-state index in [-0.39, 0.29) is 5.91 Å². The Morgan fingerprint density at radius 1 is 1.00 bits per heavy atom. The highest BCUT2D eigenvalue weighted by atomic mass is 35.5. The van der Waals surface area contributed by atoms with E-state index in [4.69, 9.17) is 27.9 Å². The van der Waals surface area contributed by atoms with Gasteiger partial charge in [0.25, 0.3) is 5.91 Å². The highest BCUT2D eigenvalue weighted by molar-refractivity contribution is 6.37. The molecule has 0 radical (unpaired) electrons. The number of nitrogens with zero attached hydrogens (tertiary/aromatic N) is 3. The Morgan fingerprint density at radius 3 is 2.55 bits per heavy atom. The number of hydrogen-bond acceptors (Lipinski definition) is 5. The van der Waals surface area contributed by atoms with Crippen LogP contribution in [0.15, 0.2) is 54.6 Å². The first-order valence-corrected chi connectivity index (χ1v) is 9.89. The van der Waals surface area contributed by atoms with Crippen LogP contribution in [0.4, 0.5) is 11.5 Å². The van der Waals surface area contributed by atoms with Crippen molar-refractivity contribution in [2.75, 3.05) is 36.5 Å². The van der Waals surface area contributed by atoms with Gasteiger partial charge in [0.2, 0.25) is 0 Å². The van der Waals surface area contributed by atoms with E-state index in [0.717, 1.165) is 30.2 Å². The van der Waals surface area contributed by atoms with E-state index in [1.165, 1.54) is 0 Å². The van der Waals surface area contributed by atoms with Crippen LogP contribution < -0.4 is 10.2 Å². The van der Waals surface area contributed by atoms with Gasteiger partial charge in [-0.25, -0.2) is 0 Å². The van der Waals surface area contributed by atoms with Crippen molar-refractivity contribution in [2.45, 2.75) is 0 Å². The van der Waals surface area contributed by atoms with Crippen molar-refractivity contribution in [3.63, 3.8) is 0 Å². The molecule has 1 saturated heterocycles. The Kier molecular flexibility index (Phi) is 5.94. The van der Waals surface area contributed by atoms with E-state index in [1.54, 1.807) is 24.3 Å². The molecule has 3 aromatic rings. The molecule has 1 N–H and O–H groups in total. The first kappa shape index (κ1) is 19.6. The minimum atomic E-state index is -0.308. The molecule has 2 heterocycles. The van der Waals surface area contributed by atoms with Gasteiger partial charge in [-0.05, 0) is 42.5 Å². The largest absolute Gasteiger partial charge is 0.378 e. The van der Waals surface area contributed by atoms with Crippen LogP contribution in [-0.2, 0) is 4.74 Å². The topological polar surface area (TPSA) is 67.4 Å². The third kappa shape index (κ3) is 4.67. The predicted octanol–water partition coefficient (Wildman–Crippen LogP) is 4.54. The number of carbonyl (C=O) groups excluding carboxylic acids is 1. The van der Waals surface area contributed by atoms with E-state index in [2.05, 4.69) is 20.4 Å². The molecule has 0 atom stereocenters. The Labute approximate surface area is 178 Å². The van der Waals surface area contributed by atoms with Crippen LogP contribution in [0.1, 0.15) is 10.4 Å². The minimum Gasteiger partial charge on any atom is -0.378 e. The summed E-state index contributed by atoms with van der Waals surface area (Å²) in [6.07, 6.45) is 0. The van der Waals surface area contributed by atoms with E-state index in [1.807, 2.05) is 30.3 Å². The van der Waals surface area contributed by atoms with Crippen LogP contribution >= 0.6 is 23.2 Å². The number of carbonyl (C=O) groups is 1. The average molecular weight is 429 g/mol. The maximum Gasteiger partial charge on any atom is 0.257 e. The molecule has 0 saturated carbocycles. The smallest absolute Gasteiger partial charge is 0.257 e. The fourth-order valence-electron chi connectivity index (χ4n) is 3.07. The van der Waals surface area contributed by atoms with Crippen LogP contribution in [0.3, 0.4) is 0 Å². The van der Waals surface area contributed by atoms with Crippen molar-refractivity contribution in [1.82, 2.24) is 10.2 Å². The quantitative estimate of drug-likeness (QED) is 0.660. The molecule has 2 aromatic carbocycles. The van der Waals surface area contributed by atoms with Crippen molar-refractivity contribution in [3.8, 4) is 11.3 Å². The summed E-state index contributed by atoms with van der Waals surface area (Å²) in [7, 11) is 0. The van der Waals surface area contributed by atoms with Crippen molar-refractivity contribution in [1.29, 1.82) is 0 Å². The number of morpholine rings is 1. The van der Waals surface area contributed by atoms with Crippen molar-refractivity contribution in [2.24, 2.45) is 0 Å². The number of anilines is 2. The number of rotatable bonds is 4. The molecule has 0 aliphatic carbocycles. The second-order valence-electron chi connectivity index (χ2n) is 6.54. The number of halogens is 2. The van der Waals surface area contributed by atoms with Gasteiger partial charge in [0.1, 0.15) is 0 Å². The summed E-state index contributed by atoms with van der Waals surface area (Å²) in [6, 6.07) is 16.1. The van der Waals surface area contributed by atoms with E-state index in [0.29, 0.717) is 34.5 Å². The molecule has 0 unspecified atom stereocenters. The number of amides is 1. The van der Waals surface area contributed by atoms with Crippen LogP contribution in [0.25, 0.3) is 11.3 Å². The van der Waals surface area contributed by atoms with Gasteiger partial charge < -0.3 is 15.0 Å². The van der Waals surface area contributed by atoms with Crippen molar-refractivity contribution < 1.29 is 9.53 Å². The molecule has 1 aliphatic rings. The molecule has 4 rings (SSSR count). The number of benzene rings is 2. The zero-order valence-electron chi connectivity index (χ0n) is 15.4. The van der Waals surface area contributed by atoms with Gasteiger partial charge in [0.15, 0.2) is 5.82 Å². The molecule has 148 valence electrons. The van der Waals surface area contributed by atoms with E-state index >= 15 is 0 Å². The number of ether oxygens (including phenoxy) is 1. The van der Waals surface area contributed by atoms with E-state index < -0.39 is 0 Å². The fraction of sp³-hybridized carbons (Fsp3) is 0.190. The Balaban J connectivity index is 1.50. The lowest BCUT2D eigenvalue weighted by molar-refractivity contribution is 0.102. The van der Waals surface area contributed by atoms with Crippen LogP contribution in [0.2, 0.25) is 10.0 Å².